The van der Waals surface area contributed by atoms with Crippen LogP contribution in [0.3, 0.4) is 0 Å². The number of hydrogen-bond acceptors (Lipinski definition) is 5. The summed E-state index contributed by atoms with van der Waals surface area (Å²) in [5.41, 5.74) is 0.237. The number of carbonyl (C=O) groups is 4. The average molecular weight is 531 g/mol. The second-order valence-electron chi connectivity index (χ2n) is 9.70. The Bertz CT molecular complexity index is 1350. The molecule has 2 heterocycles. The minimum atomic E-state index is -1.60. The maximum absolute atomic E-state index is 13.9. The fourth-order valence-electron chi connectivity index (χ4n) is 5.64. The Morgan fingerprint density at radius 1 is 1.11 bits per heavy atom. The normalized spacial score (nSPS) is 24.1. The highest BCUT2D eigenvalue weighted by atomic mass is 19.2. The molecule has 9 nitrogen and oxygen atoms in total. The van der Waals surface area contributed by atoms with Gasteiger partial charge in [0.25, 0.3) is 5.91 Å². The van der Waals surface area contributed by atoms with E-state index in [2.05, 4.69) is 10.6 Å². The number of urea groups is 1. The third-order valence-corrected chi connectivity index (χ3v) is 7.49. The largest absolute Gasteiger partial charge is 0.427 e. The van der Waals surface area contributed by atoms with Crippen LogP contribution in [0.5, 0.6) is 0 Å². The zero-order chi connectivity index (χ0) is 27.4. The van der Waals surface area contributed by atoms with Crippen molar-refractivity contribution in [3.8, 4) is 0 Å². The summed E-state index contributed by atoms with van der Waals surface area (Å²) in [4.78, 5) is 53.4. The van der Waals surface area contributed by atoms with Gasteiger partial charge < -0.3 is 20.3 Å². The van der Waals surface area contributed by atoms with Gasteiger partial charge in [0.2, 0.25) is 11.5 Å². The van der Waals surface area contributed by atoms with E-state index in [1.165, 1.54) is 11.9 Å². The molecule has 5 rings (SSSR count). The molecule has 2 N–H and O–H groups in total. The van der Waals surface area contributed by atoms with Gasteiger partial charge in [-0.05, 0) is 61.6 Å². The van der Waals surface area contributed by atoms with E-state index in [0.717, 1.165) is 22.6 Å². The summed E-state index contributed by atoms with van der Waals surface area (Å²) in [6, 6.07) is 5.11. The molecule has 200 valence electrons. The van der Waals surface area contributed by atoms with E-state index in [1.54, 1.807) is 25.1 Å². The number of benzene rings is 2. The number of halogens is 3. The molecule has 3 atom stereocenters. The third kappa shape index (κ3) is 4.04. The van der Waals surface area contributed by atoms with Crippen molar-refractivity contribution in [2.24, 2.45) is 0 Å². The second kappa shape index (κ2) is 9.34. The van der Waals surface area contributed by atoms with Crippen molar-refractivity contribution in [1.82, 2.24) is 15.1 Å². The number of ether oxygens (including phenoxy) is 1. The van der Waals surface area contributed by atoms with Crippen LogP contribution in [0.4, 0.5) is 28.4 Å². The van der Waals surface area contributed by atoms with Gasteiger partial charge >= 0.3 is 12.1 Å². The van der Waals surface area contributed by atoms with Gasteiger partial charge in [0.05, 0.1) is 6.04 Å². The Labute approximate surface area is 215 Å². The summed E-state index contributed by atoms with van der Waals surface area (Å²) in [5.74, 6) is -5.59. The quantitative estimate of drug-likeness (QED) is 0.586. The molecule has 38 heavy (non-hydrogen) atoms. The smallest absolute Gasteiger partial charge is 0.418 e. The van der Waals surface area contributed by atoms with E-state index in [4.69, 9.17) is 4.74 Å². The number of nitrogens with one attached hydrogen (secondary N) is 2. The Kier molecular flexibility index (Phi) is 6.28. The molecule has 1 aliphatic carbocycles. The van der Waals surface area contributed by atoms with Crippen LogP contribution in [0, 0.1) is 17.5 Å². The lowest BCUT2D eigenvalue weighted by molar-refractivity contribution is -0.143. The van der Waals surface area contributed by atoms with Crippen LogP contribution in [-0.4, -0.2) is 53.4 Å². The highest BCUT2D eigenvalue weighted by Gasteiger charge is 2.58. The number of aryl methyl sites for hydroxylation is 1. The van der Waals surface area contributed by atoms with Crippen molar-refractivity contribution in [2.75, 3.05) is 18.9 Å². The number of carbonyl (C=O) groups excluding carboxylic acids is 4. The van der Waals surface area contributed by atoms with Gasteiger partial charge in [0.15, 0.2) is 17.5 Å². The molecule has 2 saturated heterocycles. The topological polar surface area (TPSA) is 108 Å². The van der Waals surface area contributed by atoms with E-state index < -0.39 is 59.6 Å². The van der Waals surface area contributed by atoms with Gasteiger partial charge in [-0.2, -0.15) is 0 Å². The summed E-state index contributed by atoms with van der Waals surface area (Å²) >= 11 is 0. The molecule has 2 fully saturated rings. The minimum Gasteiger partial charge on any atom is -0.427 e. The van der Waals surface area contributed by atoms with Gasteiger partial charge in [-0.3, -0.25) is 9.59 Å². The number of likely N-dealkylation sites (tertiary alicyclic amines) is 1. The Morgan fingerprint density at radius 3 is 2.50 bits per heavy atom. The lowest BCUT2D eigenvalue weighted by Crippen LogP contribution is -2.46. The number of hydrogen-bond donors (Lipinski definition) is 2. The molecule has 2 aromatic rings. The number of anilines is 1. The zero-order valence-electron chi connectivity index (χ0n) is 20.6. The number of rotatable bonds is 4. The summed E-state index contributed by atoms with van der Waals surface area (Å²) in [7, 11) is 1.48. The predicted octanol–water partition coefficient (Wildman–Crippen LogP) is 3.73. The van der Waals surface area contributed by atoms with Gasteiger partial charge in [-0.25, -0.2) is 27.7 Å². The van der Waals surface area contributed by atoms with Crippen LogP contribution in [0.15, 0.2) is 30.3 Å². The van der Waals surface area contributed by atoms with Crippen LogP contribution < -0.4 is 10.6 Å². The standard InChI is InChI=1S/C26H25F3N4O5/c1-13-3-6-20(15-10-18(27)22(29)19(28)11-15)33(13)21(34)12-32-23(35)26(38-25(32)37)8-7-14-9-16(4-5-17(14)26)31-24(36)30-2/h4-5,9-11,13,20H,3,6-8,12H2,1-2H3,(H2,30,31,36)/t13?,20-,26+/m0/s1. The maximum atomic E-state index is 13.9. The number of nitrogens with zero attached hydrogens (tertiary/aromatic N) is 2. The lowest BCUT2D eigenvalue weighted by Gasteiger charge is -2.30. The van der Waals surface area contributed by atoms with Gasteiger partial charge in [0, 0.05) is 30.8 Å². The van der Waals surface area contributed by atoms with E-state index in [1.807, 2.05) is 0 Å². The average Bonchev–Trinajstić information content (AvgIpc) is 3.52. The predicted molar refractivity (Wildman–Crippen MR) is 127 cm³/mol. The summed E-state index contributed by atoms with van der Waals surface area (Å²) < 4.78 is 46.8. The maximum Gasteiger partial charge on any atom is 0.418 e. The summed E-state index contributed by atoms with van der Waals surface area (Å²) in [6.45, 7) is 1.13. The number of amides is 5. The van der Waals surface area contributed by atoms with Crippen molar-refractivity contribution in [3.05, 3.63) is 64.5 Å². The first kappa shape index (κ1) is 25.6. The molecular formula is C26H25F3N4O5. The summed E-state index contributed by atoms with van der Waals surface area (Å²) in [5, 5.41) is 5.09. The third-order valence-electron chi connectivity index (χ3n) is 7.49. The molecule has 3 aliphatic rings. The van der Waals surface area contributed by atoms with Crippen molar-refractivity contribution in [1.29, 1.82) is 0 Å². The second-order valence-corrected chi connectivity index (χ2v) is 9.70. The van der Waals surface area contributed by atoms with Crippen LogP contribution in [-0.2, 0) is 26.3 Å². The highest BCUT2D eigenvalue weighted by Crippen LogP contribution is 2.46. The molecule has 12 heteroatoms. The minimum absolute atomic E-state index is 0.0942. The molecule has 2 aromatic carbocycles. The van der Waals surface area contributed by atoms with Crippen molar-refractivity contribution < 1.29 is 37.1 Å². The molecule has 0 aromatic heterocycles. The van der Waals surface area contributed by atoms with Gasteiger partial charge in [-0.1, -0.05) is 6.07 Å². The Hall–Kier alpha value is -4.09. The first-order chi connectivity index (χ1) is 18.1. The molecular weight excluding hydrogens is 505 g/mol. The Balaban J connectivity index is 1.37. The fourth-order valence-corrected chi connectivity index (χ4v) is 5.64. The van der Waals surface area contributed by atoms with Gasteiger partial charge in [0.1, 0.15) is 6.54 Å². The first-order valence-corrected chi connectivity index (χ1v) is 12.2. The van der Waals surface area contributed by atoms with Gasteiger partial charge in [-0.15, -0.1) is 0 Å². The van der Waals surface area contributed by atoms with E-state index in [0.29, 0.717) is 30.5 Å². The van der Waals surface area contributed by atoms with Crippen LogP contribution in [0.2, 0.25) is 0 Å². The highest BCUT2D eigenvalue weighted by molar-refractivity contribution is 6.06. The fraction of sp³-hybridized carbons (Fsp3) is 0.385. The van der Waals surface area contributed by atoms with E-state index in [9.17, 15) is 32.3 Å². The van der Waals surface area contributed by atoms with Crippen molar-refractivity contribution >= 4 is 29.6 Å². The number of fused-ring (bicyclic) bond motifs is 2. The lowest BCUT2D eigenvalue weighted by atomic mass is 9.94. The first-order valence-electron chi connectivity index (χ1n) is 12.2. The van der Waals surface area contributed by atoms with Crippen LogP contribution >= 0.6 is 0 Å². The molecule has 0 radical (unpaired) electrons. The zero-order valence-corrected chi connectivity index (χ0v) is 20.6. The SMILES string of the molecule is CNC(=O)Nc1ccc2c(c1)CC[C@@]21OC(=O)N(CC(=O)N2C(C)CC[C@H]2c2cc(F)c(F)c(F)c2)C1=O. The molecule has 1 unspecified atom stereocenters. The summed E-state index contributed by atoms with van der Waals surface area (Å²) in [6.07, 6.45) is 0.508. The van der Waals surface area contributed by atoms with Crippen molar-refractivity contribution in [3.63, 3.8) is 0 Å². The van der Waals surface area contributed by atoms with Crippen LogP contribution in [0.25, 0.3) is 0 Å². The van der Waals surface area contributed by atoms with E-state index in [-0.39, 0.29) is 18.0 Å². The number of imide groups is 1. The van der Waals surface area contributed by atoms with Crippen LogP contribution in [0.1, 0.15) is 48.9 Å². The monoisotopic (exact) mass is 530 g/mol. The van der Waals surface area contributed by atoms with Crippen molar-refractivity contribution in [2.45, 2.75) is 50.3 Å². The molecule has 1 spiro atoms. The molecule has 2 aliphatic heterocycles. The molecule has 0 bridgehead atoms. The molecule has 0 saturated carbocycles. The molecule has 5 amide bonds. The Morgan fingerprint density at radius 2 is 1.82 bits per heavy atom. The van der Waals surface area contributed by atoms with E-state index >= 15 is 0 Å².